The summed E-state index contributed by atoms with van der Waals surface area (Å²) in [5.74, 6) is -0.992. The van der Waals surface area contributed by atoms with Crippen LogP contribution in [-0.2, 0) is 22.7 Å². The van der Waals surface area contributed by atoms with Gasteiger partial charge in [-0.05, 0) is 68.8 Å². The lowest BCUT2D eigenvalue weighted by molar-refractivity contribution is 0.0449. The van der Waals surface area contributed by atoms with Crippen molar-refractivity contribution in [2.75, 3.05) is 0 Å². The first-order valence-electron chi connectivity index (χ1n) is 8.75. The first-order valence-corrected chi connectivity index (χ1v) is 10.9. The van der Waals surface area contributed by atoms with Crippen molar-refractivity contribution in [3.63, 3.8) is 0 Å². The lowest BCUT2D eigenvalue weighted by atomic mass is 10.1. The van der Waals surface area contributed by atoms with Crippen LogP contribution in [0.5, 0.6) is 0 Å². The molecule has 0 N–H and O–H groups in total. The molecule has 0 aliphatic carbocycles. The van der Waals surface area contributed by atoms with Crippen molar-refractivity contribution in [3.8, 4) is 0 Å². The van der Waals surface area contributed by atoms with Gasteiger partial charge in [0.2, 0.25) is 0 Å². The second kappa shape index (κ2) is 10.1. The number of pyridine rings is 1. The highest BCUT2D eigenvalue weighted by molar-refractivity contribution is 14.1. The van der Waals surface area contributed by atoms with E-state index in [1.54, 1.807) is 6.92 Å². The van der Waals surface area contributed by atoms with Crippen molar-refractivity contribution in [2.24, 2.45) is 0 Å². The third-order valence-electron chi connectivity index (χ3n) is 4.15. The number of hydrogen-bond donors (Lipinski definition) is 0. The van der Waals surface area contributed by atoms with E-state index in [-0.39, 0.29) is 18.9 Å². The number of nitrogens with zero attached hydrogens (tertiary/aromatic N) is 1. The SMILES string of the molecule is Cc1c(I)c(C(=O)OCc2ccccc2)nc(I)c1C(=O)OCc1ccccc1. The monoisotopic (exact) mass is 613 g/mol. The molecule has 0 saturated heterocycles. The second-order valence-corrected chi connectivity index (χ2v) is 8.29. The maximum atomic E-state index is 12.6. The molecule has 0 aliphatic rings. The molecule has 0 fully saturated rings. The molecule has 0 saturated carbocycles. The third-order valence-corrected chi connectivity index (χ3v) is 6.25. The first kappa shape index (κ1) is 21.7. The lowest BCUT2D eigenvalue weighted by Crippen LogP contribution is -2.17. The molecule has 1 heterocycles. The number of ether oxygens (including phenoxy) is 2. The van der Waals surface area contributed by atoms with E-state index in [2.05, 4.69) is 4.98 Å². The maximum Gasteiger partial charge on any atom is 0.358 e. The Morgan fingerprint density at radius 1 is 0.828 bits per heavy atom. The molecule has 1 aromatic heterocycles. The average molecular weight is 613 g/mol. The highest BCUT2D eigenvalue weighted by Crippen LogP contribution is 2.25. The van der Waals surface area contributed by atoms with Gasteiger partial charge in [-0.25, -0.2) is 14.6 Å². The molecule has 0 radical (unpaired) electrons. The normalized spacial score (nSPS) is 10.4. The number of hydrogen-bond acceptors (Lipinski definition) is 5. The van der Waals surface area contributed by atoms with Crippen molar-refractivity contribution in [3.05, 3.63) is 95.9 Å². The van der Waals surface area contributed by atoms with Crippen LogP contribution in [0.4, 0.5) is 0 Å². The van der Waals surface area contributed by atoms with Gasteiger partial charge in [-0.1, -0.05) is 60.7 Å². The van der Waals surface area contributed by atoms with Gasteiger partial charge in [0.15, 0.2) is 5.69 Å². The smallest absolute Gasteiger partial charge is 0.358 e. The Labute approximate surface area is 196 Å². The van der Waals surface area contributed by atoms with Crippen LogP contribution in [0.15, 0.2) is 60.7 Å². The fourth-order valence-electron chi connectivity index (χ4n) is 2.60. The predicted molar refractivity (Wildman–Crippen MR) is 126 cm³/mol. The summed E-state index contributed by atoms with van der Waals surface area (Å²) >= 11 is 3.96. The molecule has 3 rings (SSSR count). The Morgan fingerprint density at radius 3 is 1.83 bits per heavy atom. The molecule has 3 aromatic rings. The standard InChI is InChI=1S/C22H17I2NO4/c1-14-17(21(26)28-12-15-8-4-2-5-9-15)20(24)25-19(18(14)23)22(27)29-13-16-10-6-3-7-11-16/h2-11H,12-13H2,1H3. The largest absolute Gasteiger partial charge is 0.457 e. The summed E-state index contributed by atoms with van der Waals surface area (Å²) in [6.45, 7) is 2.11. The lowest BCUT2D eigenvalue weighted by Gasteiger charge is -2.13. The molecule has 7 heteroatoms. The van der Waals surface area contributed by atoms with Gasteiger partial charge in [0.25, 0.3) is 0 Å². The van der Waals surface area contributed by atoms with Crippen LogP contribution >= 0.6 is 45.2 Å². The van der Waals surface area contributed by atoms with Crippen molar-refractivity contribution in [2.45, 2.75) is 20.1 Å². The maximum absolute atomic E-state index is 12.6. The van der Waals surface area contributed by atoms with Crippen LogP contribution < -0.4 is 0 Å². The number of carbonyl (C=O) groups is 2. The van der Waals surface area contributed by atoms with Gasteiger partial charge in [0.05, 0.1) is 9.13 Å². The Hall–Kier alpha value is -2.01. The summed E-state index contributed by atoms with van der Waals surface area (Å²) in [6.07, 6.45) is 0. The molecule has 0 unspecified atom stereocenters. The Bertz CT molecular complexity index is 1020. The molecule has 5 nitrogen and oxygen atoms in total. The van der Waals surface area contributed by atoms with Crippen LogP contribution in [0.25, 0.3) is 0 Å². The van der Waals surface area contributed by atoms with Crippen LogP contribution in [0.3, 0.4) is 0 Å². The zero-order valence-corrected chi connectivity index (χ0v) is 19.8. The topological polar surface area (TPSA) is 65.5 Å². The highest BCUT2D eigenvalue weighted by Gasteiger charge is 2.24. The van der Waals surface area contributed by atoms with Crippen molar-refractivity contribution in [1.82, 2.24) is 4.98 Å². The van der Waals surface area contributed by atoms with E-state index >= 15 is 0 Å². The molecule has 29 heavy (non-hydrogen) atoms. The summed E-state index contributed by atoms with van der Waals surface area (Å²) in [5.41, 5.74) is 3.00. The second-order valence-electron chi connectivity index (χ2n) is 6.19. The molecule has 2 aromatic carbocycles. The summed E-state index contributed by atoms with van der Waals surface area (Å²) in [7, 11) is 0. The van der Waals surface area contributed by atoms with Gasteiger partial charge in [-0.3, -0.25) is 0 Å². The molecule has 0 amide bonds. The minimum atomic E-state index is -0.525. The minimum absolute atomic E-state index is 0.161. The Morgan fingerprint density at radius 2 is 1.31 bits per heavy atom. The molecular weight excluding hydrogens is 596 g/mol. The van der Waals surface area contributed by atoms with Gasteiger partial charge in [0, 0.05) is 0 Å². The van der Waals surface area contributed by atoms with E-state index in [4.69, 9.17) is 9.47 Å². The summed E-state index contributed by atoms with van der Waals surface area (Å²) in [4.78, 5) is 29.5. The van der Waals surface area contributed by atoms with Crippen LogP contribution in [0.2, 0.25) is 0 Å². The van der Waals surface area contributed by atoms with Gasteiger partial charge in [-0.2, -0.15) is 0 Å². The summed E-state index contributed by atoms with van der Waals surface area (Å²) in [6, 6.07) is 18.9. The van der Waals surface area contributed by atoms with Gasteiger partial charge in [0.1, 0.15) is 16.9 Å². The van der Waals surface area contributed by atoms with E-state index in [1.807, 2.05) is 106 Å². The minimum Gasteiger partial charge on any atom is -0.457 e. The third kappa shape index (κ3) is 5.53. The zero-order chi connectivity index (χ0) is 20.8. The Balaban J connectivity index is 1.75. The first-order chi connectivity index (χ1) is 14.0. The van der Waals surface area contributed by atoms with Gasteiger partial charge >= 0.3 is 11.9 Å². The highest BCUT2D eigenvalue weighted by atomic mass is 127. The van der Waals surface area contributed by atoms with Crippen molar-refractivity contribution >= 4 is 57.1 Å². The molecule has 0 bridgehead atoms. The summed E-state index contributed by atoms with van der Waals surface area (Å²) in [5, 5.41) is 0. The zero-order valence-electron chi connectivity index (χ0n) is 15.5. The van der Waals surface area contributed by atoms with E-state index in [9.17, 15) is 9.59 Å². The van der Waals surface area contributed by atoms with Crippen LogP contribution in [-0.4, -0.2) is 16.9 Å². The van der Waals surface area contributed by atoms with E-state index in [0.717, 1.165) is 11.1 Å². The van der Waals surface area contributed by atoms with E-state index in [1.165, 1.54) is 0 Å². The van der Waals surface area contributed by atoms with Gasteiger partial charge < -0.3 is 9.47 Å². The average Bonchev–Trinajstić information content (AvgIpc) is 2.74. The predicted octanol–water partition coefficient (Wildman–Crippen LogP) is 5.31. The quantitative estimate of drug-likeness (QED) is 0.214. The van der Waals surface area contributed by atoms with Crippen molar-refractivity contribution < 1.29 is 19.1 Å². The van der Waals surface area contributed by atoms with Crippen LogP contribution in [0, 0.1) is 14.2 Å². The van der Waals surface area contributed by atoms with E-state index in [0.29, 0.717) is 18.4 Å². The molecule has 0 aliphatic heterocycles. The fraction of sp³-hybridized carbons (Fsp3) is 0.136. The molecule has 0 atom stereocenters. The number of benzene rings is 2. The van der Waals surface area contributed by atoms with E-state index < -0.39 is 11.9 Å². The van der Waals surface area contributed by atoms with Crippen molar-refractivity contribution in [1.29, 1.82) is 0 Å². The number of aromatic nitrogens is 1. The van der Waals surface area contributed by atoms with Crippen LogP contribution in [0.1, 0.15) is 37.5 Å². The number of rotatable bonds is 6. The molecule has 148 valence electrons. The Kier molecular flexibility index (Phi) is 7.59. The number of halogens is 2. The molecular formula is C22H17I2NO4. The number of carbonyl (C=O) groups excluding carboxylic acids is 2. The fourth-order valence-corrected chi connectivity index (χ4v) is 4.08. The number of esters is 2. The summed E-state index contributed by atoms with van der Waals surface area (Å²) < 4.78 is 11.8. The molecule has 0 spiro atoms. The van der Waals surface area contributed by atoms with Gasteiger partial charge in [-0.15, -0.1) is 0 Å².